The van der Waals surface area contributed by atoms with Crippen molar-refractivity contribution in [2.45, 2.75) is 25.8 Å². The maximum atomic E-state index is 12.6. The van der Waals surface area contributed by atoms with Gasteiger partial charge in [0.1, 0.15) is 5.75 Å². The van der Waals surface area contributed by atoms with E-state index < -0.39 is 0 Å². The Kier molecular flexibility index (Phi) is 5.26. The molecule has 1 aliphatic carbocycles. The van der Waals surface area contributed by atoms with E-state index in [1.807, 2.05) is 16.3 Å². The van der Waals surface area contributed by atoms with Crippen molar-refractivity contribution >= 4 is 22.2 Å². The number of hydrogen-bond donors (Lipinski definition) is 0. The molecule has 3 aromatic rings. The van der Waals surface area contributed by atoms with E-state index in [9.17, 15) is 9.59 Å². The molecule has 2 aromatic heterocycles. The highest BCUT2D eigenvalue weighted by Crippen LogP contribution is 2.26. The normalized spacial score (nSPS) is 16.7. The lowest BCUT2D eigenvalue weighted by atomic mass is 10.1. The van der Waals surface area contributed by atoms with E-state index in [4.69, 9.17) is 4.74 Å². The van der Waals surface area contributed by atoms with Crippen molar-refractivity contribution in [1.82, 2.24) is 19.2 Å². The van der Waals surface area contributed by atoms with Gasteiger partial charge in [-0.1, -0.05) is 6.07 Å². The smallest absolute Gasteiger partial charge is 0.260 e. The molecule has 0 bridgehead atoms. The van der Waals surface area contributed by atoms with Gasteiger partial charge in [0.25, 0.3) is 11.5 Å². The fraction of sp³-hybridized carbons (Fsp3) is 0.409. The van der Waals surface area contributed by atoms with Crippen molar-refractivity contribution in [2.24, 2.45) is 0 Å². The minimum absolute atomic E-state index is 0.0199. The van der Waals surface area contributed by atoms with Gasteiger partial charge in [0, 0.05) is 50.4 Å². The minimum atomic E-state index is -0.0474. The van der Waals surface area contributed by atoms with Crippen molar-refractivity contribution in [1.29, 1.82) is 0 Å². The Morgan fingerprint density at radius 2 is 1.93 bits per heavy atom. The van der Waals surface area contributed by atoms with Crippen molar-refractivity contribution in [3.8, 4) is 5.75 Å². The van der Waals surface area contributed by atoms with E-state index in [1.165, 1.54) is 28.9 Å². The van der Waals surface area contributed by atoms with Crippen LogP contribution in [0.5, 0.6) is 5.75 Å². The topological polar surface area (TPSA) is 67.2 Å². The highest BCUT2D eigenvalue weighted by molar-refractivity contribution is 7.15. The molecule has 0 unspecified atom stereocenters. The molecule has 0 spiro atoms. The van der Waals surface area contributed by atoms with Crippen LogP contribution in [-0.2, 0) is 24.2 Å². The van der Waals surface area contributed by atoms with E-state index >= 15 is 0 Å². The number of hydrogen-bond acceptors (Lipinski definition) is 6. The zero-order valence-corrected chi connectivity index (χ0v) is 17.6. The Labute approximate surface area is 178 Å². The summed E-state index contributed by atoms with van der Waals surface area (Å²) in [6.07, 6.45) is 5.19. The standard InChI is InChI=1S/C22H24N4O3S/c27-20-13-18(23-22-26(20)10-11-30-22)14-24-6-8-25(9-7-24)21(28)15-29-19-5-4-16-2-1-3-17(16)12-19/h4-5,10-13H,1-3,6-9,14-15H2. The summed E-state index contributed by atoms with van der Waals surface area (Å²) in [6.45, 7) is 3.54. The minimum Gasteiger partial charge on any atom is -0.484 e. The van der Waals surface area contributed by atoms with Crippen molar-refractivity contribution < 1.29 is 9.53 Å². The number of carbonyl (C=O) groups excluding carboxylic acids is 1. The van der Waals surface area contributed by atoms with Gasteiger partial charge >= 0.3 is 0 Å². The van der Waals surface area contributed by atoms with Gasteiger partial charge in [0.2, 0.25) is 0 Å². The maximum absolute atomic E-state index is 12.6. The predicted molar refractivity (Wildman–Crippen MR) is 115 cm³/mol. The lowest BCUT2D eigenvalue weighted by Crippen LogP contribution is -2.49. The molecule has 156 valence electrons. The first-order valence-electron chi connectivity index (χ1n) is 10.4. The Balaban J connectivity index is 1.12. The van der Waals surface area contributed by atoms with Crippen LogP contribution in [0.2, 0.25) is 0 Å². The molecular formula is C22H24N4O3S. The van der Waals surface area contributed by atoms with Gasteiger partial charge in [0.05, 0.1) is 5.69 Å². The number of fused-ring (bicyclic) bond motifs is 2. The van der Waals surface area contributed by atoms with Gasteiger partial charge in [0.15, 0.2) is 11.6 Å². The number of ether oxygens (including phenoxy) is 1. The van der Waals surface area contributed by atoms with Crippen LogP contribution in [0.15, 0.2) is 40.6 Å². The number of carbonyl (C=O) groups is 1. The zero-order chi connectivity index (χ0) is 20.5. The second-order valence-electron chi connectivity index (χ2n) is 7.87. The molecule has 1 aliphatic heterocycles. The van der Waals surface area contributed by atoms with Gasteiger partial charge < -0.3 is 9.64 Å². The third kappa shape index (κ3) is 3.97. The molecule has 0 atom stereocenters. The molecule has 0 saturated carbocycles. The molecule has 0 N–H and O–H groups in total. The van der Waals surface area contributed by atoms with Crippen LogP contribution in [-0.4, -0.2) is 57.9 Å². The highest BCUT2D eigenvalue weighted by atomic mass is 32.1. The second-order valence-corrected chi connectivity index (χ2v) is 8.74. The number of benzene rings is 1. The van der Waals surface area contributed by atoms with E-state index in [-0.39, 0.29) is 18.1 Å². The summed E-state index contributed by atoms with van der Waals surface area (Å²) < 4.78 is 7.33. The molecule has 0 radical (unpaired) electrons. The Bertz CT molecular complexity index is 1130. The van der Waals surface area contributed by atoms with Gasteiger partial charge in [-0.2, -0.15) is 0 Å². The number of aryl methyl sites for hydroxylation is 2. The number of rotatable bonds is 5. The Hall–Kier alpha value is -2.71. The largest absolute Gasteiger partial charge is 0.484 e. The monoisotopic (exact) mass is 424 g/mol. The highest BCUT2D eigenvalue weighted by Gasteiger charge is 2.22. The maximum Gasteiger partial charge on any atom is 0.260 e. The van der Waals surface area contributed by atoms with Crippen LogP contribution in [0.1, 0.15) is 23.2 Å². The van der Waals surface area contributed by atoms with E-state index in [0.29, 0.717) is 19.6 Å². The molecular weight excluding hydrogens is 400 g/mol. The molecule has 1 saturated heterocycles. The average Bonchev–Trinajstić information content (AvgIpc) is 3.41. The first-order valence-corrected chi connectivity index (χ1v) is 11.2. The number of aromatic nitrogens is 2. The molecule has 7 nitrogen and oxygen atoms in total. The molecule has 2 aliphatic rings. The molecule has 30 heavy (non-hydrogen) atoms. The summed E-state index contributed by atoms with van der Waals surface area (Å²) in [5, 5.41) is 1.86. The first-order chi connectivity index (χ1) is 14.7. The lowest BCUT2D eigenvalue weighted by molar-refractivity contribution is -0.135. The van der Waals surface area contributed by atoms with Crippen LogP contribution in [0, 0.1) is 0 Å². The van der Waals surface area contributed by atoms with Crippen LogP contribution < -0.4 is 10.3 Å². The SMILES string of the molecule is O=C(COc1ccc2c(c1)CCC2)N1CCN(Cc2cc(=O)n3ccsc3n2)CC1. The Morgan fingerprint density at radius 1 is 1.10 bits per heavy atom. The molecule has 8 heteroatoms. The molecule has 1 aromatic carbocycles. The second kappa shape index (κ2) is 8.20. The molecule has 3 heterocycles. The predicted octanol–water partition coefficient (Wildman–Crippen LogP) is 1.97. The van der Waals surface area contributed by atoms with Crippen molar-refractivity contribution in [2.75, 3.05) is 32.8 Å². The molecule has 5 rings (SSSR count). The van der Waals surface area contributed by atoms with Crippen LogP contribution in [0.4, 0.5) is 0 Å². The quantitative estimate of drug-likeness (QED) is 0.627. The molecule has 1 fully saturated rings. The number of thiazole rings is 1. The summed E-state index contributed by atoms with van der Waals surface area (Å²) in [6, 6.07) is 7.76. The van der Waals surface area contributed by atoms with E-state index in [2.05, 4.69) is 22.0 Å². The summed E-state index contributed by atoms with van der Waals surface area (Å²) in [5.74, 6) is 0.801. The summed E-state index contributed by atoms with van der Waals surface area (Å²) >= 11 is 1.46. The van der Waals surface area contributed by atoms with Gasteiger partial charge in [-0.25, -0.2) is 4.98 Å². The number of nitrogens with zero attached hydrogens (tertiary/aromatic N) is 4. The zero-order valence-electron chi connectivity index (χ0n) is 16.7. The van der Waals surface area contributed by atoms with E-state index in [1.54, 1.807) is 16.7 Å². The van der Waals surface area contributed by atoms with E-state index in [0.717, 1.165) is 42.3 Å². The molecule has 1 amide bonds. The van der Waals surface area contributed by atoms with Gasteiger partial charge in [-0.15, -0.1) is 11.3 Å². The van der Waals surface area contributed by atoms with Crippen LogP contribution >= 0.6 is 11.3 Å². The van der Waals surface area contributed by atoms with Gasteiger partial charge in [-0.3, -0.25) is 18.9 Å². The summed E-state index contributed by atoms with van der Waals surface area (Å²) in [7, 11) is 0. The van der Waals surface area contributed by atoms with Crippen LogP contribution in [0.3, 0.4) is 0 Å². The summed E-state index contributed by atoms with van der Waals surface area (Å²) in [5.41, 5.74) is 3.48. The average molecular weight is 425 g/mol. The van der Waals surface area contributed by atoms with Crippen LogP contribution in [0.25, 0.3) is 4.96 Å². The third-order valence-electron chi connectivity index (χ3n) is 5.90. The summed E-state index contributed by atoms with van der Waals surface area (Å²) in [4.78, 5) is 34.1. The van der Waals surface area contributed by atoms with Gasteiger partial charge in [-0.05, 0) is 42.5 Å². The van der Waals surface area contributed by atoms with Crippen molar-refractivity contribution in [3.05, 3.63) is 63.0 Å². The van der Waals surface area contributed by atoms with Crippen molar-refractivity contribution in [3.63, 3.8) is 0 Å². The fourth-order valence-electron chi connectivity index (χ4n) is 4.23. The number of amides is 1. The fourth-order valence-corrected chi connectivity index (χ4v) is 4.97. The first kappa shape index (κ1) is 19.3. The number of piperazine rings is 1. The third-order valence-corrected chi connectivity index (χ3v) is 6.66. The lowest BCUT2D eigenvalue weighted by Gasteiger charge is -2.34. The Morgan fingerprint density at radius 3 is 2.80 bits per heavy atom.